The maximum atomic E-state index is 9.28. The summed E-state index contributed by atoms with van der Waals surface area (Å²) in [5, 5.41) is 9.28. The van der Waals surface area contributed by atoms with E-state index in [0.717, 1.165) is 23.7 Å². The van der Waals surface area contributed by atoms with Crippen molar-refractivity contribution in [2.75, 3.05) is 0 Å². The SMILES string of the molecule is C[C@]12CC[C@H]3[C@@H](CCC4CCCC[C@@]43C)[C@@H]1CC[C@@H]2C=CO. The van der Waals surface area contributed by atoms with Crippen LogP contribution in [0.25, 0.3) is 0 Å². The Balaban J connectivity index is 1.62. The fraction of sp³-hybridized carbons (Fsp3) is 0.905. The van der Waals surface area contributed by atoms with Gasteiger partial charge in [-0.1, -0.05) is 26.7 Å². The highest BCUT2D eigenvalue weighted by Crippen LogP contribution is 2.67. The second kappa shape index (κ2) is 5.28. The van der Waals surface area contributed by atoms with Crippen LogP contribution < -0.4 is 0 Å². The van der Waals surface area contributed by atoms with Gasteiger partial charge in [0.1, 0.15) is 0 Å². The van der Waals surface area contributed by atoms with Crippen LogP contribution in [0.15, 0.2) is 12.3 Å². The van der Waals surface area contributed by atoms with Crippen molar-refractivity contribution in [3.8, 4) is 0 Å². The molecule has 1 heteroatoms. The van der Waals surface area contributed by atoms with Crippen LogP contribution >= 0.6 is 0 Å². The van der Waals surface area contributed by atoms with Crippen molar-refractivity contribution < 1.29 is 5.11 Å². The number of allylic oxidation sites excluding steroid dienone is 1. The fourth-order valence-electron chi connectivity index (χ4n) is 7.76. The monoisotopic (exact) mass is 302 g/mol. The van der Waals surface area contributed by atoms with Crippen molar-refractivity contribution in [1.82, 2.24) is 0 Å². The normalized spacial score (nSPS) is 54.7. The summed E-state index contributed by atoms with van der Waals surface area (Å²) in [6.45, 7) is 5.21. The van der Waals surface area contributed by atoms with E-state index in [1.165, 1.54) is 70.5 Å². The molecule has 0 aliphatic heterocycles. The van der Waals surface area contributed by atoms with Crippen molar-refractivity contribution in [2.24, 2.45) is 40.4 Å². The standard InChI is InChI=1S/C21H34O/c1-20-12-4-3-5-15(20)6-8-17-18-9-7-16(11-14-22)21(18,2)13-10-19(17)20/h11,14-19,22H,3-10,12-13H2,1-2H3/t15?,16-,17+,18+,19+,20+,21-/m1/s1. The van der Waals surface area contributed by atoms with E-state index in [9.17, 15) is 5.11 Å². The predicted molar refractivity (Wildman–Crippen MR) is 91.6 cm³/mol. The van der Waals surface area contributed by atoms with Gasteiger partial charge in [0.15, 0.2) is 0 Å². The van der Waals surface area contributed by atoms with Crippen LogP contribution in [-0.4, -0.2) is 5.11 Å². The van der Waals surface area contributed by atoms with Crippen LogP contribution in [0.3, 0.4) is 0 Å². The van der Waals surface area contributed by atoms with E-state index in [0.29, 0.717) is 16.7 Å². The third kappa shape index (κ3) is 1.96. The number of rotatable bonds is 1. The topological polar surface area (TPSA) is 20.2 Å². The first-order valence-corrected chi connectivity index (χ1v) is 9.90. The molecule has 4 aliphatic carbocycles. The van der Waals surface area contributed by atoms with Gasteiger partial charge >= 0.3 is 0 Å². The third-order valence-electron chi connectivity index (χ3n) is 8.98. The zero-order valence-electron chi connectivity index (χ0n) is 14.6. The van der Waals surface area contributed by atoms with Crippen LogP contribution in [0.5, 0.6) is 0 Å². The molecule has 0 bridgehead atoms. The second-order valence-electron chi connectivity index (χ2n) is 9.47. The Morgan fingerprint density at radius 2 is 1.64 bits per heavy atom. The molecular weight excluding hydrogens is 268 g/mol. The first-order chi connectivity index (χ1) is 10.6. The average molecular weight is 303 g/mol. The minimum atomic E-state index is 0.470. The summed E-state index contributed by atoms with van der Waals surface area (Å²) in [5.74, 6) is 4.56. The van der Waals surface area contributed by atoms with Crippen LogP contribution in [-0.2, 0) is 0 Å². The lowest BCUT2D eigenvalue weighted by molar-refractivity contribution is -0.107. The Morgan fingerprint density at radius 1 is 0.818 bits per heavy atom. The molecule has 7 atom stereocenters. The Kier molecular flexibility index (Phi) is 3.62. The lowest BCUT2D eigenvalue weighted by Crippen LogP contribution is -2.52. The molecule has 4 aliphatic rings. The molecule has 0 saturated heterocycles. The number of aliphatic hydroxyl groups excluding tert-OH is 1. The molecule has 1 unspecified atom stereocenters. The molecule has 4 fully saturated rings. The number of hydrogen-bond acceptors (Lipinski definition) is 1. The Morgan fingerprint density at radius 3 is 2.45 bits per heavy atom. The smallest absolute Gasteiger partial charge is 0.0754 e. The highest BCUT2D eigenvalue weighted by molar-refractivity contribution is 5.11. The van der Waals surface area contributed by atoms with Crippen molar-refractivity contribution in [3.05, 3.63) is 12.3 Å². The second-order valence-corrected chi connectivity index (χ2v) is 9.47. The van der Waals surface area contributed by atoms with Gasteiger partial charge in [0.05, 0.1) is 6.26 Å². The van der Waals surface area contributed by atoms with Crippen molar-refractivity contribution in [2.45, 2.75) is 78.1 Å². The summed E-state index contributed by atoms with van der Waals surface area (Å²) in [7, 11) is 0. The van der Waals surface area contributed by atoms with Gasteiger partial charge in [0.2, 0.25) is 0 Å². The summed E-state index contributed by atoms with van der Waals surface area (Å²) in [4.78, 5) is 0. The van der Waals surface area contributed by atoms with E-state index < -0.39 is 0 Å². The summed E-state index contributed by atoms with van der Waals surface area (Å²) < 4.78 is 0. The van der Waals surface area contributed by atoms with E-state index in [2.05, 4.69) is 19.9 Å². The van der Waals surface area contributed by atoms with E-state index >= 15 is 0 Å². The molecule has 4 rings (SSSR count). The van der Waals surface area contributed by atoms with E-state index in [-0.39, 0.29) is 0 Å². The van der Waals surface area contributed by atoms with Gasteiger partial charge < -0.3 is 5.11 Å². The molecular formula is C21H34O. The van der Waals surface area contributed by atoms with E-state index in [1.807, 2.05) is 0 Å². The zero-order valence-corrected chi connectivity index (χ0v) is 14.6. The minimum Gasteiger partial charge on any atom is -0.516 e. The van der Waals surface area contributed by atoms with Gasteiger partial charge in [-0.15, -0.1) is 0 Å². The summed E-state index contributed by atoms with van der Waals surface area (Å²) in [5.41, 5.74) is 1.13. The lowest BCUT2D eigenvalue weighted by Gasteiger charge is -2.60. The Hall–Kier alpha value is -0.460. The van der Waals surface area contributed by atoms with Crippen LogP contribution in [0.2, 0.25) is 0 Å². The Labute approximate surface area is 136 Å². The molecule has 1 N–H and O–H groups in total. The summed E-state index contributed by atoms with van der Waals surface area (Å²) in [6.07, 6.45) is 18.0. The van der Waals surface area contributed by atoms with Crippen LogP contribution in [0.4, 0.5) is 0 Å². The minimum absolute atomic E-state index is 0.470. The largest absolute Gasteiger partial charge is 0.516 e. The molecule has 0 aromatic rings. The lowest BCUT2D eigenvalue weighted by atomic mass is 9.45. The predicted octanol–water partition coefficient (Wildman–Crippen LogP) is 6.11. The van der Waals surface area contributed by atoms with E-state index in [4.69, 9.17) is 0 Å². The number of hydrogen-bond donors (Lipinski definition) is 1. The molecule has 22 heavy (non-hydrogen) atoms. The molecule has 0 amide bonds. The van der Waals surface area contributed by atoms with Gasteiger partial charge in [-0.25, -0.2) is 0 Å². The molecule has 0 aromatic carbocycles. The fourth-order valence-corrected chi connectivity index (χ4v) is 7.76. The van der Waals surface area contributed by atoms with Crippen molar-refractivity contribution >= 4 is 0 Å². The van der Waals surface area contributed by atoms with E-state index in [1.54, 1.807) is 0 Å². The highest BCUT2D eigenvalue weighted by atomic mass is 16.2. The molecule has 4 saturated carbocycles. The summed E-state index contributed by atoms with van der Waals surface area (Å²) in [6, 6.07) is 0. The van der Waals surface area contributed by atoms with Gasteiger partial charge in [0.25, 0.3) is 0 Å². The van der Waals surface area contributed by atoms with Crippen molar-refractivity contribution in [3.63, 3.8) is 0 Å². The Bertz CT molecular complexity index is 455. The molecule has 0 radical (unpaired) electrons. The van der Waals surface area contributed by atoms with Gasteiger partial charge in [-0.05, 0) is 97.9 Å². The molecule has 0 heterocycles. The quantitative estimate of drug-likeness (QED) is 0.580. The first kappa shape index (κ1) is 15.1. The van der Waals surface area contributed by atoms with Gasteiger partial charge in [-0.3, -0.25) is 0 Å². The van der Waals surface area contributed by atoms with Crippen LogP contribution in [0.1, 0.15) is 78.1 Å². The maximum Gasteiger partial charge on any atom is 0.0754 e. The molecule has 1 nitrogen and oxygen atoms in total. The average Bonchev–Trinajstić information content (AvgIpc) is 2.84. The number of fused-ring (bicyclic) bond motifs is 5. The number of aliphatic hydroxyl groups is 1. The molecule has 0 aromatic heterocycles. The summed E-state index contributed by atoms with van der Waals surface area (Å²) >= 11 is 0. The zero-order chi connectivity index (χ0) is 15.4. The van der Waals surface area contributed by atoms with Gasteiger partial charge in [0, 0.05) is 0 Å². The third-order valence-corrected chi connectivity index (χ3v) is 8.98. The highest BCUT2D eigenvalue weighted by Gasteiger charge is 2.59. The maximum absolute atomic E-state index is 9.28. The first-order valence-electron chi connectivity index (χ1n) is 9.90. The van der Waals surface area contributed by atoms with Crippen LogP contribution in [0, 0.1) is 40.4 Å². The molecule has 124 valence electrons. The van der Waals surface area contributed by atoms with Gasteiger partial charge in [-0.2, -0.15) is 0 Å². The van der Waals surface area contributed by atoms with Crippen molar-refractivity contribution in [1.29, 1.82) is 0 Å². The molecule has 0 spiro atoms.